The van der Waals surface area contributed by atoms with Crippen molar-refractivity contribution in [1.82, 2.24) is 16.0 Å². The molecule has 1 aliphatic rings. The van der Waals surface area contributed by atoms with Gasteiger partial charge in [0.1, 0.15) is 0 Å². The van der Waals surface area contributed by atoms with Gasteiger partial charge >= 0.3 is 0 Å². The van der Waals surface area contributed by atoms with Gasteiger partial charge in [-0.1, -0.05) is 6.42 Å². The fraction of sp³-hybridized carbons (Fsp3) is 0.933. The first-order valence-electron chi connectivity index (χ1n) is 7.64. The maximum atomic E-state index is 11.7. The summed E-state index contributed by atoms with van der Waals surface area (Å²) in [6, 6.07) is 1.12. The van der Waals surface area contributed by atoms with Crippen LogP contribution in [0.15, 0.2) is 0 Å². The van der Waals surface area contributed by atoms with Crippen LogP contribution in [0.3, 0.4) is 0 Å². The van der Waals surface area contributed by atoms with Crippen molar-refractivity contribution in [2.75, 3.05) is 13.1 Å². The minimum atomic E-state index is -0.130. The number of hydrogen-bond donors (Lipinski definition) is 3. The zero-order valence-electron chi connectivity index (χ0n) is 13.0. The zero-order valence-corrected chi connectivity index (χ0v) is 13.0. The highest BCUT2D eigenvalue weighted by atomic mass is 16.1. The molecule has 0 radical (unpaired) electrons. The molecule has 112 valence electrons. The quantitative estimate of drug-likeness (QED) is 0.689. The molecule has 1 aliphatic heterocycles. The predicted octanol–water partition coefficient (Wildman–Crippen LogP) is 1.80. The van der Waals surface area contributed by atoms with E-state index in [0.29, 0.717) is 18.5 Å². The molecule has 1 amide bonds. The van der Waals surface area contributed by atoms with Crippen molar-refractivity contribution in [3.05, 3.63) is 0 Å². The van der Waals surface area contributed by atoms with Gasteiger partial charge in [0.15, 0.2) is 0 Å². The lowest BCUT2D eigenvalue weighted by molar-refractivity contribution is -0.122. The minimum Gasteiger partial charge on any atom is -0.351 e. The fourth-order valence-electron chi connectivity index (χ4n) is 2.55. The molecule has 1 rings (SSSR count). The number of rotatable bonds is 6. The van der Waals surface area contributed by atoms with E-state index >= 15 is 0 Å². The Morgan fingerprint density at radius 2 is 2.11 bits per heavy atom. The second-order valence-corrected chi connectivity index (χ2v) is 6.79. The van der Waals surface area contributed by atoms with E-state index in [1.165, 1.54) is 19.3 Å². The highest BCUT2D eigenvalue weighted by Crippen LogP contribution is 2.11. The summed E-state index contributed by atoms with van der Waals surface area (Å²) in [6.07, 6.45) is 5.65. The van der Waals surface area contributed by atoms with E-state index in [-0.39, 0.29) is 11.4 Å². The van der Waals surface area contributed by atoms with E-state index in [1.54, 1.807) is 0 Å². The van der Waals surface area contributed by atoms with Gasteiger partial charge in [-0.25, -0.2) is 0 Å². The molecule has 0 aliphatic carbocycles. The van der Waals surface area contributed by atoms with Crippen LogP contribution in [0.2, 0.25) is 0 Å². The molecule has 19 heavy (non-hydrogen) atoms. The fourth-order valence-corrected chi connectivity index (χ4v) is 2.55. The Morgan fingerprint density at radius 3 is 2.68 bits per heavy atom. The van der Waals surface area contributed by atoms with Crippen LogP contribution in [0.4, 0.5) is 0 Å². The highest BCUT2D eigenvalue weighted by molar-refractivity contribution is 5.76. The van der Waals surface area contributed by atoms with Gasteiger partial charge in [-0.15, -0.1) is 0 Å². The van der Waals surface area contributed by atoms with E-state index < -0.39 is 0 Å². The number of hydrogen-bond acceptors (Lipinski definition) is 3. The Labute approximate surface area is 118 Å². The third kappa shape index (κ3) is 8.22. The van der Waals surface area contributed by atoms with Gasteiger partial charge in [0, 0.05) is 30.6 Å². The first kappa shape index (κ1) is 16.4. The van der Waals surface area contributed by atoms with Crippen molar-refractivity contribution in [1.29, 1.82) is 0 Å². The Bertz CT molecular complexity index is 267. The SMILES string of the molecule is CC(CC1CCCCN1)NCCC(=O)NC(C)(C)C. The van der Waals surface area contributed by atoms with Gasteiger partial charge < -0.3 is 16.0 Å². The molecule has 2 atom stereocenters. The summed E-state index contributed by atoms with van der Waals surface area (Å²) < 4.78 is 0. The van der Waals surface area contributed by atoms with Crippen molar-refractivity contribution < 1.29 is 4.79 Å². The van der Waals surface area contributed by atoms with Gasteiger partial charge in [-0.2, -0.15) is 0 Å². The molecule has 0 aromatic rings. The molecule has 1 heterocycles. The normalized spacial score (nSPS) is 22.0. The third-order valence-corrected chi connectivity index (χ3v) is 3.41. The van der Waals surface area contributed by atoms with Crippen molar-refractivity contribution >= 4 is 5.91 Å². The number of nitrogens with one attached hydrogen (secondary N) is 3. The smallest absolute Gasteiger partial charge is 0.221 e. The molecule has 0 saturated carbocycles. The van der Waals surface area contributed by atoms with Crippen LogP contribution in [-0.2, 0) is 4.79 Å². The summed E-state index contributed by atoms with van der Waals surface area (Å²) in [5, 5.41) is 9.99. The second-order valence-electron chi connectivity index (χ2n) is 6.79. The zero-order chi connectivity index (χ0) is 14.3. The number of carbonyl (C=O) groups is 1. The molecule has 2 unspecified atom stereocenters. The Hall–Kier alpha value is -0.610. The van der Waals surface area contributed by atoms with E-state index in [1.807, 2.05) is 20.8 Å². The molecule has 0 aromatic heterocycles. The van der Waals surface area contributed by atoms with Crippen LogP contribution >= 0.6 is 0 Å². The first-order chi connectivity index (χ1) is 8.87. The molecular formula is C15H31N3O. The Morgan fingerprint density at radius 1 is 1.37 bits per heavy atom. The summed E-state index contributed by atoms with van der Waals surface area (Å²) in [5.74, 6) is 0.128. The third-order valence-electron chi connectivity index (χ3n) is 3.41. The van der Waals surface area contributed by atoms with Crippen LogP contribution in [0, 0.1) is 0 Å². The maximum absolute atomic E-state index is 11.7. The summed E-state index contributed by atoms with van der Waals surface area (Å²) in [4.78, 5) is 11.7. The first-order valence-corrected chi connectivity index (χ1v) is 7.64. The molecule has 0 aromatic carbocycles. The van der Waals surface area contributed by atoms with Crippen LogP contribution < -0.4 is 16.0 Å². The van der Waals surface area contributed by atoms with E-state index in [4.69, 9.17) is 0 Å². The van der Waals surface area contributed by atoms with Gasteiger partial charge in [0.25, 0.3) is 0 Å². The van der Waals surface area contributed by atoms with E-state index in [2.05, 4.69) is 22.9 Å². The van der Waals surface area contributed by atoms with Crippen LogP contribution in [-0.4, -0.2) is 36.6 Å². The van der Waals surface area contributed by atoms with Gasteiger partial charge in [0.05, 0.1) is 0 Å². The van der Waals surface area contributed by atoms with Gasteiger partial charge in [-0.05, 0) is 53.5 Å². The van der Waals surface area contributed by atoms with Crippen molar-refractivity contribution in [2.45, 2.75) is 77.4 Å². The predicted molar refractivity (Wildman–Crippen MR) is 80.2 cm³/mol. The van der Waals surface area contributed by atoms with Crippen LogP contribution in [0.5, 0.6) is 0 Å². The number of piperidine rings is 1. The lowest BCUT2D eigenvalue weighted by Gasteiger charge is -2.26. The molecule has 0 spiro atoms. The molecule has 3 N–H and O–H groups in total. The molecular weight excluding hydrogens is 238 g/mol. The lowest BCUT2D eigenvalue weighted by atomic mass is 9.99. The molecule has 4 nitrogen and oxygen atoms in total. The average molecular weight is 269 g/mol. The average Bonchev–Trinajstić information content (AvgIpc) is 2.27. The second kappa shape index (κ2) is 7.85. The van der Waals surface area contributed by atoms with Crippen LogP contribution in [0.25, 0.3) is 0 Å². The van der Waals surface area contributed by atoms with Crippen molar-refractivity contribution in [2.24, 2.45) is 0 Å². The highest BCUT2D eigenvalue weighted by Gasteiger charge is 2.16. The molecule has 0 bridgehead atoms. The Balaban J connectivity index is 2.09. The summed E-state index contributed by atoms with van der Waals surface area (Å²) >= 11 is 0. The molecule has 1 saturated heterocycles. The van der Waals surface area contributed by atoms with Gasteiger partial charge in [0.2, 0.25) is 5.91 Å². The monoisotopic (exact) mass is 269 g/mol. The Kier molecular flexibility index (Phi) is 6.80. The largest absolute Gasteiger partial charge is 0.351 e. The minimum absolute atomic E-state index is 0.128. The number of amides is 1. The van der Waals surface area contributed by atoms with Gasteiger partial charge in [-0.3, -0.25) is 4.79 Å². The maximum Gasteiger partial charge on any atom is 0.221 e. The van der Waals surface area contributed by atoms with E-state index in [0.717, 1.165) is 19.5 Å². The topological polar surface area (TPSA) is 53.2 Å². The van der Waals surface area contributed by atoms with Crippen molar-refractivity contribution in [3.63, 3.8) is 0 Å². The molecule has 1 fully saturated rings. The summed E-state index contributed by atoms with van der Waals surface area (Å²) in [5.41, 5.74) is -0.130. The summed E-state index contributed by atoms with van der Waals surface area (Å²) in [7, 11) is 0. The summed E-state index contributed by atoms with van der Waals surface area (Å²) in [6.45, 7) is 10.2. The number of carbonyl (C=O) groups excluding carboxylic acids is 1. The lowest BCUT2D eigenvalue weighted by Crippen LogP contribution is -2.43. The van der Waals surface area contributed by atoms with Crippen LogP contribution in [0.1, 0.15) is 59.8 Å². The van der Waals surface area contributed by atoms with E-state index in [9.17, 15) is 4.79 Å². The van der Waals surface area contributed by atoms with Crippen molar-refractivity contribution in [3.8, 4) is 0 Å². The molecule has 4 heteroatoms. The standard InChI is InChI=1S/C15H31N3O/c1-12(11-13-7-5-6-9-17-13)16-10-8-14(19)18-15(2,3)4/h12-13,16-17H,5-11H2,1-4H3,(H,18,19).